The lowest BCUT2D eigenvalue weighted by atomic mass is 10.0. The first-order chi connectivity index (χ1) is 19.3. The topological polar surface area (TPSA) is 194 Å². The molecule has 2 rings (SSSR count). The van der Waals surface area contributed by atoms with E-state index in [4.69, 9.17) is 19.2 Å². The van der Waals surface area contributed by atoms with Gasteiger partial charge in [0.15, 0.2) is 0 Å². The SMILES string of the molecule is CC(=O)OCC(COc1ccc(CC(NC(=O)[C@@H](N=[N+]=[N-])C(C)C)C(=O)O)cc1)COS(=O)(=O)c1ccc(C)cc1. The van der Waals surface area contributed by atoms with Crippen molar-refractivity contribution in [3.05, 3.63) is 70.1 Å². The first kappa shape index (κ1) is 33.1. The van der Waals surface area contributed by atoms with E-state index in [0.717, 1.165) is 5.56 Å². The number of nitrogens with zero attached hydrogens (tertiary/aromatic N) is 3. The molecule has 13 nitrogen and oxygen atoms in total. The maximum absolute atomic E-state index is 12.5. The quantitative estimate of drug-likeness (QED) is 0.0968. The molecule has 2 aromatic rings. The van der Waals surface area contributed by atoms with E-state index in [1.165, 1.54) is 19.1 Å². The van der Waals surface area contributed by atoms with Gasteiger partial charge in [0, 0.05) is 18.3 Å². The molecule has 0 bridgehead atoms. The molecule has 0 heterocycles. The zero-order valence-corrected chi connectivity index (χ0v) is 24.0. The Morgan fingerprint density at radius 1 is 1.02 bits per heavy atom. The number of carbonyl (C=O) groups excluding carboxylic acids is 2. The molecule has 0 saturated heterocycles. The highest BCUT2D eigenvalue weighted by Gasteiger charge is 2.27. The maximum atomic E-state index is 12.5. The van der Waals surface area contributed by atoms with Gasteiger partial charge in [0.1, 0.15) is 17.8 Å². The smallest absolute Gasteiger partial charge is 0.326 e. The third kappa shape index (κ3) is 11.1. The standard InChI is InChI=1S/C27H34N4O9S/c1-17(2)25(30-31-28)26(33)29-24(27(34)35)13-20-7-9-22(10-8-20)39-15-21(14-38-19(4)32)16-40-41(36,37)23-11-5-18(3)6-12-23/h5-12,17,21,24-25H,13-16H2,1-4H3,(H,29,33)(H,34,35)/t21?,24?,25-/m0/s1. The van der Waals surface area contributed by atoms with Crippen molar-refractivity contribution in [2.75, 3.05) is 19.8 Å². The number of carboxylic acid groups (broad SMARTS) is 1. The Labute approximate surface area is 238 Å². The molecule has 0 aliphatic rings. The van der Waals surface area contributed by atoms with Gasteiger partial charge in [-0.1, -0.05) is 48.8 Å². The van der Waals surface area contributed by atoms with Gasteiger partial charge in [-0.3, -0.25) is 13.8 Å². The summed E-state index contributed by atoms with van der Waals surface area (Å²) >= 11 is 0. The Kier molecular flexibility index (Phi) is 12.6. The first-order valence-corrected chi connectivity index (χ1v) is 14.1. The molecule has 0 aliphatic heterocycles. The summed E-state index contributed by atoms with van der Waals surface area (Å²) < 4.78 is 41.1. The van der Waals surface area contributed by atoms with Crippen LogP contribution in [0.15, 0.2) is 58.5 Å². The normalized spacial score (nSPS) is 13.4. The second-order valence-corrected chi connectivity index (χ2v) is 11.3. The van der Waals surface area contributed by atoms with E-state index in [9.17, 15) is 27.9 Å². The summed E-state index contributed by atoms with van der Waals surface area (Å²) in [6.07, 6.45) is -0.0395. The maximum Gasteiger partial charge on any atom is 0.326 e. The van der Waals surface area contributed by atoms with Crippen molar-refractivity contribution in [1.29, 1.82) is 0 Å². The number of azide groups is 1. The lowest BCUT2D eigenvalue weighted by Gasteiger charge is -2.20. The number of carboxylic acids is 1. The molecule has 222 valence electrons. The van der Waals surface area contributed by atoms with Crippen molar-refractivity contribution in [3.63, 3.8) is 0 Å². The molecule has 41 heavy (non-hydrogen) atoms. The Morgan fingerprint density at radius 2 is 1.66 bits per heavy atom. The molecular weight excluding hydrogens is 556 g/mol. The van der Waals surface area contributed by atoms with E-state index < -0.39 is 46.0 Å². The molecule has 0 spiro atoms. The highest BCUT2D eigenvalue weighted by molar-refractivity contribution is 7.86. The number of carbonyl (C=O) groups is 3. The summed E-state index contributed by atoms with van der Waals surface area (Å²) in [4.78, 5) is 38.2. The number of rotatable bonds is 16. The summed E-state index contributed by atoms with van der Waals surface area (Å²) in [5.74, 6) is -3.03. The van der Waals surface area contributed by atoms with Crippen LogP contribution < -0.4 is 10.1 Å². The molecule has 3 atom stereocenters. The van der Waals surface area contributed by atoms with Crippen LogP contribution in [0.25, 0.3) is 10.4 Å². The number of esters is 1. The van der Waals surface area contributed by atoms with Crippen molar-refractivity contribution < 1.29 is 41.6 Å². The van der Waals surface area contributed by atoms with Gasteiger partial charge in [-0.05, 0) is 48.2 Å². The third-order valence-electron chi connectivity index (χ3n) is 5.83. The number of hydrogen-bond donors (Lipinski definition) is 2. The highest BCUT2D eigenvalue weighted by atomic mass is 32.2. The number of nitrogens with one attached hydrogen (secondary N) is 1. The van der Waals surface area contributed by atoms with Gasteiger partial charge < -0.3 is 19.9 Å². The number of benzene rings is 2. The second-order valence-electron chi connectivity index (χ2n) is 9.67. The van der Waals surface area contributed by atoms with Crippen LogP contribution in [0.4, 0.5) is 0 Å². The van der Waals surface area contributed by atoms with Crippen LogP contribution in [0, 0.1) is 18.8 Å². The minimum atomic E-state index is -4.04. The number of ether oxygens (including phenoxy) is 2. The number of hydrogen-bond acceptors (Lipinski definition) is 9. The van der Waals surface area contributed by atoms with E-state index in [-0.39, 0.29) is 37.1 Å². The van der Waals surface area contributed by atoms with E-state index >= 15 is 0 Å². The summed E-state index contributed by atoms with van der Waals surface area (Å²) in [6, 6.07) is 10.3. The molecule has 2 unspecified atom stereocenters. The number of amides is 1. The molecule has 0 aromatic heterocycles. The molecule has 0 fully saturated rings. The largest absolute Gasteiger partial charge is 0.493 e. The molecule has 0 radical (unpaired) electrons. The van der Waals surface area contributed by atoms with Crippen molar-refractivity contribution in [3.8, 4) is 5.75 Å². The van der Waals surface area contributed by atoms with E-state index in [1.807, 2.05) is 6.92 Å². The van der Waals surface area contributed by atoms with Gasteiger partial charge in [0.05, 0.1) is 30.6 Å². The van der Waals surface area contributed by atoms with Gasteiger partial charge in [0.2, 0.25) is 5.91 Å². The van der Waals surface area contributed by atoms with Crippen molar-refractivity contribution in [2.24, 2.45) is 17.0 Å². The van der Waals surface area contributed by atoms with Gasteiger partial charge in [-0.2, -0.15) is 8.42 Å². The molecule has 14 heteroatoms. The minimum Gasteiger partial charge on any atom is -0.493 e. The fourth-order valence-electron chi connectivity index (χ4n) is 3.51. The molecular formula is C27H34N4O9S. The van der Waals surface area contributed by atoms with Gasteiger partial charge in [-0.25, -0.2) is 4.79 Å². The lowest BCUT2D eigenvalue weighted by molar-refractivity contribution is -0.143. The highest BCUT2D eigenvalue weighted by Crippen LogP contribution is 2.18. The van der Waals surface area contributed by atoms with Gasteiger partial charge >= 0.3 is 11.9 Å². The molecule has 2 aromatic carbocycles. The van der Waals surface area contributed by atoms with Gasteiger partial charge in [0.25, 0.3) is 10.1 Å². The summed E-state index contributed by atoms with van der Waals surface area (Å²) in [5.41, 5.74) is 10.2. The molecule has 1 amide bonds. The lowest BCUT2D eigenvalue weighted by Crippen LogP contribution is -2.47. The zero-order valence-electron chi connectivity index (χ0n) is 23.2. The van der Waals surface area contributed by atoms with Crippen LogP contribution in [0.2, 0.25) is 0 Å². The number of aryl methyl sites for hydroxylation is 1. The average molecular weight is 591 g/mol. The molecule has 2 N–H and O–H groups in total. The first-order valence-electron chi connectivity index (χ1n) is 12.7. The predicted octanol–water partition coefficient (Wildman–Crippen LogP) is 3.41. The monoisotopic (exact) mass is 590 g/mol. The van der Waals surface area contributed by atoms with Crippen molar-refractivity contribution in [2.45, 2.75) is 51.1 Å². The Bertz CT molecular complexity index is 1340. The van der Waals surface area contributed by atoms with Crippen molar-refractivity contribution in [1.82, 2.24) is 5.32 Å². The summed E-state index contributed by atoms with van der Waals surface area (Å²) in [5, 5.41) is 15.4. The fourth-order valence-corrected chi connectivity index (χ4v) is 4.49. The van der Waals surface area contributed by atoms with Crippen molar-refractivity contribution >= 4 is 28.0 Å². The predicted molar refractivity (Wildman–Crippen MR) is 147 cm³/mol. The average Bonchev–Trinajstić information content (AvgIpc) is 2.91. The van der Waals surface area contributed by atoms with Gasteiger partial charge in [-0.15, -0.1) is 0 Å². The third-order valence-corrected chi connectivity index (χ3v) is 7.13. The summed E-state index contributed by atoms with van der Waals surface area (Å²) in [6.45, 7) is 5.94. The zero-order chi connectivity index (χ0) is 30.6. The van der Waals surface area contributed by atoms with Crippen LogP contribution in [0.1, 0.15) is 31.9 Å². The van der Waals surface area contributed by atoms with E-state index in [2.05, 4.69) is 15.3 Å². The second kappa shape index (κ2) is 15.6. The summed E-state index contributed by atoms with van der Waals surface area (Å²) in [7, 11) is -4.04. The minimum absolute atomic E-state index is 0.000726. The van der Waals surface area contributed by atoms with Crippen LogP contribution >= 0.6 is 0 Å². The van der Waals surface area contributed by atoms with E-state index in [1.54, 1.807) is 50.2 Å². The van der Waals surface area contributed by atoms with Crippen LogP contribution in [0.5, 0.6) is 5.75 Å². The van der Waals surface area contributed by atoms with Crippen LogP contribution in [0.3, 0.4) is 0 Å². The Balaban J connectivity index is 2.02. The fraction of sp³-hybridized carbons (Fsp3) is 0.444. The van der Waals surface area contributed by atoms with Crippen LogP contribution in [-0.2, 0) is 39.8 Å². The number of aliphatic carboxylic acids is 1. The molecule has 0 saturated carbocycles. The Morgan fingerprint density at radius 3 is 2.20 bits per heavy atom. The van der Waals surface area contributed by atoms with Crippen LogP contribution in [-0.4, -0.2) is 63.3 Å². The van der Waals surface area contributed by atoms with E-state index in [0.29, 0.717) is 11.3 Å². The molecule has 0 aliphatic carbocycles. The Hall–Kier alpha value is -4.13.